The van der Waals surface area contributed by atoms with Crippen molar-refractivity contribution in [3.05, 3.63) is 43.9 Å². The molecule has 0 radical (unpaired) electrons. The first kappa shape index (κ1) is 19.7. The summed E-state index contributed by atoms with van der Waals surface area (Å²) in [6.45, 7) is 5.11. The summed E-state index contributed by atoms with van der Waals surface area (Å²) in [7, 11) is -3.71. The Bertz CT molecular complexity index is 950. The van der Waals surface area contributed by atoms with Crippen LogP contribution < -0.4 is 5.32 Å². The van der Waals surface area contributed by atoms with Gasteiger partial charge in [-0.15, -0.1) is 11.3 Å². The second-order valence-corrected chi connectivity index (χ2v) is 9.84. The average molecular weight is 411 g/mol. The number of nitro groups is 1. The zero-order chi connectivity index (χ0) is 19.6. The van der Waals surface area contributed by atoms with E-state index in [0.717, 1.165) is 40.9 Å². The standard InChI is InChI=1S/C17H22N4O4S2/c1-12-16(19-13(2)26-12)11-18-15-7-6-14(10-17(15)21(22)23)27(24,25)20-8-4-3-5-9-20/h6-7,10,18H,3-5,8-9,11H2,1-2H3. The number of piperidine rings is 1. The lowest BCUT2D eigenvalue weighted by Gasteiger charge is -2.25. The van der Waals surface area contributed by atoms with E-state index in [1.165, 1.54) is 16.4 Å². The molecule has 10 heteroatoms. The molecule has 0 spiro atoms. The van der Waals surface area contributed by atoms with Gasteiger partial charge in [-0.1, -0.05) is 6.42 Å². The van der Waals surface area contributed by atoms with Crippen molar-refractivity contribution < 1.29 is 13.3 Å². The summed E-state index contributed by atoms with van der Waals surface area (Å²) in [4.78, 5) is 16.4. The molecular formula is C17H22N4O4S2. The Labute approximate surface area is 162 Å². The van der Waals surface area contributed by atoms with Crippen LogP contribution in [-0.4, -0.2) is 35.7 Å². The van der Waals surface area contributed by atoms with E-state index in [4.69, 9.17) is 0 Å². The molecule has 0 bridgehead atoms. The zero-order valence-electron chi connectivity index (χ0n) is 15.3. The molecule has 0 aliphatic carbocycles. The molecule has 0 amide bonds. The third kappa shape index (κ3) is 4.28. The normalized spacial score (nSPS) is 15.6. The van der Waals surface area contributed by atoms with E-state index in [-0.39, 0.29) is 16.3 Å². The van der Waals surface area contributed by atoms with Crippen molar-refractivity contribution >= 4 is 32.7 Å². The Hall–Kier alpha value is -2.04. The zero-order valence-corrected chi connectivity index (χ0v) is 16.9. The Balaban J connectivity index is 1.86. The molecule has 1 aromatic carbocycles. The van der Waals surface area contributed by atoms with E-state index in [0.29, 0.717) is 19.6 Å². The van der Waals surface area contributed by atoms with Crippen molar-refractivity contribution in [1.29, 1.82) is 0 Å². The highest BCUT2D eigenvalue weighted by molar-refractivity contribution is 7.89. The van der Waals surface area contributed by atoms with Crippen LogP contribution >= 0.6 is 11.3 Å². The molecule has 27 heavy (non-hydrogen) atoms. The molecule has 2 aromatic rings. The van der Waals surface area contributed by atoms with Gasteiger partial charge in [-0.05, 0) is 38.8 Å². The predicted octanol–water partition coefficient (Wildman–Crippen LogP) is 3.45. The maximum atomic E-state index is 12.8. The monoisotopic (exact) mass is 410 g/mol. The molecule has 3 rings (SSSR count). The number of benzene rings is 1. The van der Waals surface area contributed by atoms with Gasteiger partial charge in [-0.25, -0.2) is 13.4 Å². The van der Waals surface area contributed by atoms with Gasteiger partial charge < -0.3 is 5.32 Å². The summed E-state index contributed by atoms with van der Waals surface area (Å²) >= 11 is 1.57. The fourth-order valence-corrected chi connectivity index (χ4v) is 5.51. The number of nitrogens with zero attached hydrogens (tertiary/aromatic N) is 3. The third-order valence-corrected chi connectivity index (χ3v) is 7.39. The fraction of sp³-hybridized carbons (Fsp3) is 0.471. The van der Waals surface area contributed by atoms with Gasteiger partial charge in [0.2, 0.25) is 10.0 Å². The van der Waals surface area contributed by atoms with Gasteiger partial charge >= 0.3 is 0 Å². The molecule has 8 nitrogen and oxygen atoms in total. The van der Waals surface area contributed by atoms with Crippen molar-refractivity contribution in [1.82, 2.24) is 9.29 Å². The number of sulfonamides is 1. The van der Waals surface area contributed by atoms with Crippen LogP contribution in [0, 0.1) is 24.0 Å². The van der Waals surface area contributed by atoms with Crippen LogP contribution in [0.25, 0.3) is 0 Å². The highest BCUT2D eigenvalue weighted by atomic mass is 32.2. The maximum absolute atomic E-state index is 12.8. The van der Waals surface area contributed by atoms with Crippen molar-refractivity contribution in [2.24, 2.45) is 0 Å². The van der Waals surface area contributed by atoms with E-state index in [1.54, 1.807) is 11.3 Å². The first-order valence-electron chi connectivity index (χ1n) is 8.74. The number of nitrogens with one attached hydrogen (secondary N) is 1. The van der Waals surface area contributed by atoms with Gasteiger partial charge in [0.05, 0.1) is 27.1 Å². The highest BCUT2D eigenvalue weighted by Crippen LogP contribution is 2.30. The van der Waals surface area contributed by atoms with E-state index < -0.39 is 14.9 Å². The van der Waals surface area contributed by atoms with Crippen molar-refractivity contribution in [2.45, 2.75) is 44.6 Å². The van der Waals surface area contributed by atoms with Crippen LogP contribution in [-0.2, 0) is 16.6 Å². The van der Waals surface area contributed by atoms with E-state index >= 15 is 0 Å². The molecular weight excluding hydrogens is 388 g/mol. The molecule has 1 N–H and O–H groups in total. The SMILES string of the molecule is Cc1nc(CNc2ccc(S(=O)(=O)N3CCCCC3)cc2[N+](=O)[O-])c(C)s1. The van der Waals surface area contributed by atoms with Crippen LogP contribution in [0.5, 0.6) is 0 Å². The van der Waals surface area contributed by atoms with Crippen LogP contribution in [0.1, 0.15) is 34.8 Å². The Morgan fingerprint density at radius 1 is 1.26 bits per heavy atom. The minimum atomic E-state index is -3.71. The summed E-state index contributed by atoms with van der Waals surface area (Å²) in [5.74, 6) is 0. The number of hydrogen-bond acceptors (Lipinski definition) is 7. The Kier molecular flexibility index (Phi) is 5.78. The van der Waals surface area contributed by atoms with E-state index in [2.05, 4.69) is 10.3 Å². The second-order valence-electron chi connectivity index (χ2n) is 6.49. The highest BCUT2D eigenvalue weighted by Gasteiger charge is 2.28. The fourth-order valence-electron chi connectivity index (χ4n) is 3.14. The quantitative estimate of drug-likeness (QED) is 0.577. The molecule has 1 aliphatic rings. The number of nitro benzene ring substituents is 1. The van der Waals surface area contributed by atoms with Crippen molar-refractivity contribution in [3.63, 3.8) is 0 Å². The number of aryl methyl sites for hydroxylation is 2. The summed E-state index contributed by atoms with van der Waals surface area (Å²) in [5.41, 5.74) is 0.858. The van der Waals surface area contributed by atoms with Gasteiger partial charge in [0, 0.05) is 24.0 Å². The molecule has 2 heterocycles. The lowest BCUT2D eigenvalue weighted by atomic mass is 10.2. The van der Waals surface area contributed by atoms with E-state index in [1.807, 2.05) is 13.8 Å². The summed E-state index contributed by atoms with van der Waals surface area (Å²) in [6.07, 6.45) is 2.63. The summed E-state index contributed by atoms with van der Waals surface area (Å²) < 4.78 is 27.0. The molecule has 1 aliphatic heterocycles. The van der Waals surface area contributed by atoms with Crippen molar-refractivity contribution in [2.75, 3.05) is 18.4 Å². The number of aromatic nitrogens is 1. The van der Waals surface area contributed by atoms with Crippen LogP contribution in [0.3, 0.4) is 0 Å². The minimum absolute atomic E-state index is 0.0395. The number of thiazole rings is 1. The number of hydrogen-bond donors (Lipinski definition) is 1. The predicted molar refractivity (Wildman–Crippen MR) is 105 cm³/mol. The molecule has 1 aromatic heterocycles. The molecule has 1 saturated heterocycles. The molecule has 1 fully saturated rings. The average Bonchev–Trinajstić information content (AvgIpc) is 2.97. The lowest BCUT2D eigenvalue weighted by Crippen LogP contribution is -2.35. The summed E-state index contributed by atoms with van der Waals surface area (Å²) in [6, 6.07) is 4.04. The Morgan fingerprint density at radius 2 is 1.96 bits per heavy atom. The van der Waals surface area contributed by atoms with Crippen LogP contribution in [0.2, 0.25) is 0 Å². The first-order chi connectivity index (χ1) is 12.8. The largest absolute Gasteiger partial charge is 0.374 e. The number of anilines is 1. The molecule has 0 atom stereocenters. The van der Waals surface area contributed by atoms with Crippen LogP contribution in [0.4, 0.5) is 11.4 Å². The lowest BCUT2D eigenvalue weighted by molar-refractivity contribution is -0.384. The van der Waals surface area contributed by atoms with Gasteiger partial charge in [0.15, 0.2) is 0 Å². The minimum Gasteiger partial charge on any atom is -0.374 e. The molecule has 0 unspecified atom stereocenters. The smallest absolute Gasteiger partial charge is 0.293 e. The maximum Gasteiger partial charge on any atom is 0.293 e. The van der Waals surface area contributed by atoms with Crippen molar-refractivity contribution in [3.8, 4) is 0 Å². The van der Waals surface area contributed by atoms with Gasteiger partial charge in [-0.2, -0.15) is 4.31 Å². The van der Waals surface area contributed by atoms with E-state index in [9.17, 15) is 18.5 Å². The van der Waals surface area contributed by atoms with Crippen LogP contribution in [0.15, 0.2) is 23.1 Å². The van der Waals surface area contributed by atoms with Gasteiger partial charge in [-0.3, -0.25) is 10.1 Å². The topological polar surface area (TPSA) is 105 Å². The van der Waals surface area contributed by atoms with Gasteiger partial charge in [0.25, 0.3) is 5.69 Å². The summed E-state index contributed by atoms with van der Waals surface area (Å²) in [5, 5.41) is 15.5. The molecule has 146 valence electrons. The second kappa shape index (κ2) is 7.91. The molecule has 0 saturated carbocycles. The Morgan fingerprint density at radius 3 is 2.56 bits per heavy atom. The van der Waals surface area contributed by atoms with Gasteiger partial charge in [0.1, 0.15) is 5.69 Å². The third-order valence-electron chi connectivity index (χ3n) is 4.56. The number of rotatable bonds is 6. The first-order valence-corrected chi connectivity index (χ1v) is 11.0.